The van der Waals surface area contributed by atoms with Crippen LogP contribution in [0.5, 0.6) is 0 Å². The molecular weight excluding hydrogens is 184 g/mol. The van der Waals surface area contributed by atoms with Crippen molar-refractivity contribution in [3.63, 3.8) is 0 Å². The quantitative estimate of drug-likeness (QED) is 0.296. The topological polar surface area (TPSA) is 70.1 Å². The Balaban J connectivity index is 2.94. The Morgan fingerprint density at radius 3 is 2.79 bits per heavy atom. The average molecular weight is 191 g/mol. The Kier molecular flexibility index (Phi) is 1.53. The minimum Gasteiger partial charge on any atom is -0.618 e. The minimum absolute atomic E-state index is 0.136. The van der Waals surface area contributed by atoms with Crippen molar-refractivity contribution in [1.82, 2.24) is 0 Å². The van der Waals surface area contributed by atoms with Gasteiger partial charge in [0.15, 0.2) is 6.17 Å². The number of pyridine rings is 1. The van der Waals surface area contributed by atoms with E-state index in [1.807, 2.05) is 0 Å². The van der Waals surface area contributed by atoms with E-state index in [0.29, 0.717) is 4.73 Å². The molecule has 0 atom stereocenters. The number of rotatable bonds is 1. The molecule has 0 fully saturated rings. The van der Waals surface area contributed by atoms with E-state index in [-0.39, 0.29) is 16.6 Å². The molecule has 0 aliphatic rings. The maximum atomic E-state index is 11.4. The highest BCUT2D eigenvalue weighted by atomic mass is 16.6. The lowest BCUT2D eigenvalue weighted by molar-refractivity contribution is -0.577. The lowest BCUT2D eigenvalue weighted by atomic mass is 10.2. The molecule has 0 saturated carbocycles. The Morgan fingerprint density at radius 1 is 1.36 bits per heavy atom. The largest absolute Gasteiger partial charge is 0.618 e. The average Bonchev–Trinajstić information content (AvgIpc) is 2.23. The van der Waals surface area contributed by atoms with E-state index in [9.17, 15) is 15.3 Å². The van der Waals surface area contributed by atoms with Crippen LogP contribution in [0.1, 0.15) is 1.37 Å². The van der Waals surface area contributed by atoms with Crippen molar-refractivity contribution in [3.05, 3.63) is 51.8 Å². The molecule has 5 nitrogen and oxygen atoms in total. The lowest BCUT2D eigenvalue weighted by Crippen LogP contribution is -2.26. The smallest absolute Gasteiger partial charge is 0.289 e. The molecule has 0 saturated heterocycles. The van der Waals surface area contributed by atoms with Crippen LogP contribution in [0.15, 0.2) is 36.5 Å². The van der Waals surface area contributed by atoms with Crippen LogP contribution >= 0.6 is 0 Å². The Hall–Kier alpha value is -2.17. The van der Waals surface area contributed by atoms with Crippen LogP contribution in [0, 0.1) is 15.3 Å². The van der Waals surface area contributed by atoms with Gasteiger partial charge in [-0.05, 0) is 6.07 Å². The van der Waals surface area contributed by atoms with E-state index in [1.54, 1.807) is 12.1 Å². The second kappa shape index (κ2) is 2.95. The van der Waals surface area contributed by atoms with Gasteiger partial charge in [-0.1, -0.05) is 12.1 Å². The van der Waals surface area contributed by atoms with E-state index < -0.39 is 11.1 Å². The molecule has 0 aliphatic heterocycles. The zero-order valence-corrected chi connectivity index (χ0v) is 7.01. The van der Waals surface area contributed by atoms with Gasteiger partial charge in [0.05, 0.1) is 11.0 Å². The van der Waals surface area contributed by atoms with Crippen molar-refractivity contribution in [2.75, 3.05) is 0 Å². The number of hydrogen-bond acceptors (Lipinski definition) is 3. The summed E-state index contributed by atoms with van der Waals surface area (Å²) in [5, 5.41) is 22.3. The third kappa shape index (κ3) is 1.15. The summed E-state index contributed by atoms with van der Waals surface area (Å²) in [5.74, 6) is 0. The van der Waals surface area contributed by atoms with Crippen LogP contribution in [0.4, 0.5) is 5.69 Å². The number of fused-ring (bicyclic) bond motifs is 1. The molecule has 1 aromatic heterocycles. The lowest BCUT2D eigenvalue weighted by Gasteiger charge is -2.00. The van der Waals surface area contributed by atoms with Gasteiger partial charge in [-0.2, -0.15) is 4.73 Å². The third-order valence-corrected chi connectivity index (χ3v) is 1.91. The molecule has 0 amide bonds. The molecule has 0 aliphatic carbocycles. The molecule has 2 rings (SSSR count). The summed E-state index contributed by atoms with van der Waals surface area (Å²) in [6, 6.07) is 7.10. The van der Waals surface area contributed by atoms with Crippen molar-refractivity contribution in [2.24, 2.45) is 0 Å². The van der Waals surface area contributed by atoms with Gasteiger partial charge in [-0.25, -0.2) is 0 Å². The standard InChI is InChI=1S/C9H6N2O3/c12-10-6-5-9(11(13)14)7-3-1-2-4-8(7)10/h1-6H/i6D. The second-order valence-corrected chi connectivity index (χ2v) is 2.73. The van der Waals surface area contributed by atoms with Gasteiger partial charge < -0.3 is 5.21 Å². The van der Waals surface area contributed by atoms with Crippen LogP contribution in [0.25, 0.3) is 10.9 Å². The van der Waals surface area contributed by atoms with E-state index in [2.05, 4.69) is 0 Å². The molecule has 5 heteroatoms. The summed E-state index contributed by atoms with van der Waals surface area (Å²) >= 11 is 0. The van der Waals surface area contributed by atoms with Gasteiger partial charge in [-0.3, -0.25) is 10.1 Å². The fraction of sp³-hybridized carbons (Fsp3) is 0. The third-order valence-electron chi connectivity index (χ3n) is 1.91. The van der Waals surface area contributed by atoms with E-state index >= 15 is 0 Å². The maximum Gasteiger partial charge on any atom is 0.289 e. The first kappa shape index (κ1) is 7.25. The first-order chi connectivity index (χ1) is 7.11. The molecule has 1 aromatic carbocycles. The summed E-state index contributed by atoms with van der Waals surface area (Å²) in [7, 11) is 0. The van der Waals surface area contributed by atoms with Crippen LogP contribution in [-0.4, -0.2) is 4.92 Å². The Labute approximate surface area is 80.3 Å². The van der Waals surface area contributed by atoms with Crippen LogP contribution in [0.3, 0.4) is 0 Å². The van der Waals surface area contributed by atoms with E-state index in [1.165, 1.54) is 12.1 Å². The first-order valence-electron chi connectivity index (χ1n) is 4.37. The number of para-hydroxylation sites is 1. The summed E-state index contributed by atoms with van der Waals surface area (Å²) in [5.41, 5.74) is -0.0839. The summed E-state index contributed by atoms with van der Waals surface area (Å²) in [6.07, 6.45) is -0.430. The van der Waals surface area contributed by atoms with Gasteiger partial charge in [0.1, 0.15) is 6.76 Å². The van der Waals surface area contributed by atoms with E-state index in [4.69, 9.17) is 1.37 Å². The Bertz CT molecular complexity index is 556. The maximum absolute atomic E-state index is 11.4. The summed E-state index contributed by atoms with van der Waals surface area (Å²) < 4.78 is 7.65. The van der Waals surface area contributed by atoms with Crippen molar-refractivity contribution < 1.29 is 11.0 Å². The van der Waals surface area contributed by atoms with Crippen LogP contribution in [0.2, 0.25) is 0 Å². The molecular formula is C9H6N2O3. The van der Waals surface area contributed by atoms with Gasteiger partial charge in [-0.15, -0.1) is 0 Å². The van der Waals surface area contributed by atoms with Gasteiger partial charge >= 0.3 is 0 Å². The number of nitrogens with zero attached hydrogens (tertiary/aromatic N) is 2. The monoisotopic (exact) mass is 191 g/mol. The highest BCUT2D eigenvalue weighted by molar-refractivity contribution is 5.85. The molecule has 14 heavy (non-hydrogen) atoms. The SMILES string of the molecule is [2H]c1cc([N+](=O)[O-])c2ccccc2[n+]1[O-]. The second-order valence-electron chi connectivity index (χ2n) is 2.73. The molecule has 1 heterocycles. The highest BCUT2D eigenvalue weighted by Gasteiger charge is 2.15. The fourth-order valence-electron chi connectivity index (χ4n) is 1.29. The number of nitro groups is 1. The van der Waals surface area contributed by atoms with Gasteiger partial charge in [0.25, 0.3) is 5.69 Å². The number of aromatic nitrogens is 1. The molecule has 0 radical (unpaired) electrons. The summed E-state index contributed by atoms with van der Waals surface area (Å²) in [6.45, 7) is 0. The van der Waals surface area contributed by atoms with Gasteiger partial charge in [0.2, 0.25) is 5.52 Å². The first-order valence-corrected chi connectivity index (χ1v) is 3.87. The van der Waals surface area contributed by atoms with Gasteiger partial charge in [0, 0.05) is 6.07 Å². The Morgan fingerprint density at radius 2 is 2.07 bits per heavy atom. The predicted molar refractivity (Wildman–Crippen MR) is 49.6 cm³/mol. The van der Waals surface area contributed by atoms with Crippen molar-refractivity contribution in [2.45, 2.75) is 0 Å². The fourth-order valence-corrected chi connectivity index (χ4v) is 1.29. The zero-order chi connectivity index (χ0) is 11.0. The van der Waals surface area contributed by atoms with Crippen molar-refractivity contribution in [3.8, 4) is 0 Å². The molecule has 2 aromatic rings. The number of hydrogen-bond donors (Lipinski definition) is 0. The molecule has 70 valence electrons. The van der Waals surface area contributed by atoms with Crippen LogP contribution in [-0.2, 0) is 0 Å². The highest BCUT2D eigenvalue weighted by Crippen LogP contribution is 2.21. The zero-order valence-electron chi connectivity index (χ0n) is 8.01. The van der Waals surface area contributed by atoms with Crippen LogP contribution < -0.4 is 4.73 Å². The van der Waals surface area contributed by atoms with Crippen molar-refractivity contribution >= 4 is 16.6 Å². The predicted octanol–water partition coefficient (Wildman–Crippen LogP) is 1.38. The molecule has 0 spiro atoms. The molecule has 0 unspecified atom stereocenters. The normalized spacial score (nSPS) is 11.3. The number of benzene rings is 1. The summed E-state index contributed by atoms with van der Waals surface area (Å²) in [4.78, 5) is 10.1. The van der Waals surface area contributed by atoms with E-state index in [0.717, 1.165) is 6.07 Å². The molecule has 0 N–H and O–H groups in total. The minimum atomic E-state index is -0.597. The molecule has 0 bridgehead atoms. The van der Waals surface area contributed by atoms with Crippen molar-refractivity contribution in [1.29, 1.82) is 0 Å².